The highest BCUT2D eigenvalue weighted by atomic mass is 15.0. The van der Waals surface area contributed by atoms with E-state index in [0.29, 0.717) is 6.42 Å². The summed E-state index contributed by atoms with van der Waals surface area (Å²) in [5, 5.41) is 7.16. The molecule has 0 spiro atoms. The molecule has 0 fully saturated rings. The number of hydrogen-bond donors (Lipinski definition) is 2. The van der Waals surface area contributed by atoms with Gasteiger partial charge in [0, 0.05) is 12.6 Å². The second kappa shape index (κ2) is 2.90. The summed E-state index contributed by atoms with van der Waals surface area (Å²) in [5.74, 6) is 0.184. The lowest BCUT2D eigenvalue weighted by atomic mass is 10.2. The molecule has 2 rings (SSSR count). The van der Waals surface area contributed by atoms with E-state index in [1.165, 1.54) is 0 Å². The van der Waals surface area contributed by atoms with Crippen molar-refractivity contribution in [2.24, 2.45) is 5.73 Å². The highest BCUT2D eigenvalue weighted by molar-refractivity contribution is 5.79. The largest absolute Gasteiger partial charge is 0.387 e. The molecule has 0 unspecified atom stereocenters. The smallest absolute Gasteiger partial charge is 0.0991 e. The number of hydrogen-bond acceptors (Lipinski definition) is 2. The number of imidazole rings is 1. The minimum absolute atomic E-state index is 0.184. The molecule has 0 atom stereocenters. The molecule has 2 aromatic rings. The van der Waals surface area contributed by atoms with Crippen LogP contribution < -0.4 is 5.73 Å². The van der Waals surface area contributed by atoms with E-state index in [9.17, 15) is 0 Å². The van der Waals surface area contributed by atoms with Gasteiger partial charge in [-0.1, -0.05) is 0 Å². The highest BCUT2D eigenvalue weighted by Gasteiger charge is 1.97. The summed E-state index contributed by atoms with van der Waals surface area (Å²) in [6.07, 6.45) is 5.94. The van der Waals surface area contributed by atoms with Gasteiger partial charge in [0.1, 0.15) is 0 Å². The first-order valence-corrected chi connectivity index (χ1v) is 3.99. The fraction of sp³-hybridized carbons (Fsp3) is 0.111. The Hall–Kier alpha value is -1.84. The molecule has 0 saturated carbocycles. The van der Waals surface area contributed by atoms with Gasteiger partial charge >= 0.3 is 0 Å². The van der Waals surface area contributed by atoms with Gasteiger partial charge in [-0.25, -0.2) is 4.98 Å². The van der Waals surface area contributed by atoms with Crippen LogP contribution >= 0.6 is 0 Å². The van der Waals surface area contributed by atoms with Crippen molar-refractivity contribution >= 4 is 11.4 Å². The summed E-state index contributed by atoms with van der Waals surface area (Å²) in [7, 11) is 0. The molecule has 0 aromatic carbocycles. The molecule has 2 heterocycles. The standard InChI is InChI=1S/C9H10N4/c10-9(11)4-7-1-2-13-6-12-5-8(13)3-7/h1-3,5-6H,4H2,(H3,10,11). The topological polar surface area (TPSA) is 67.2 Å². The van der Waals surface area contributed by atoms with Crippen LogP contribution in [0.25, 0.3) is 5.52 Å². The van der Waals surface area contributed by atoms with E-state index >= 15 is 0 Å². The van der Waals surface area contributed by atoms with Crippen molar-refractivity contribution in [1.82, 2.24) is 9.38 Å². The predicted molar refractivity (Wildman–Crippen MR) is 50.8 cm³/mol. The zero-order valence-corrected chi connectivity index (χ0v) is 7.07. The maximum absolute atomic E-state index is 7.16. The second-order valence-corrected chi connectivity index (χ2v) is 2.96. The summed E-state index contributed by atoms with van der Waals surface area (Å²) in [5.41, 5.74) is 7.37. The number of nitrogens with zero attached hydrogens (tertiary/aromatic N) is 2. The molecule has 0 aliphatic carbocycles. The monoisotopic (exact) mass is 174 g/mol. The highest BCUT2D eigenvalue weighted by Crippen LogP contribution is 2.06. The van der Waals surface area contributed by atoms with Crippen LogP contribution in [0.3, 0.4) is 0 Å². The van der Waals surface area contributed by atoms with Gasteiger partial charge in [-0.15, -0.1) is 0 Å². The average Bonchev–Trinajstić information content (AvgIpc) is 2.49. The Morgan fingerprint density at radius 3 is 3.23 bits per heavy atom. The lowest BCUT2D eigenvalue weighted by molar-refractivity contribution is 1.13. The molecule has 0 radical (unpaired) electrons. The lowest BCUT2D eigenvalue weighted by Gasteiger charge is -1.99. The van der Waals surface area contributed by atoms with Crippen LogP contribution in [-0.4, -0.2) is 15.2 Å². The van der Waals surface area contributed by atoms with Gasteiger partial charge in [-0.05, 0) is 17.7 Å². The SMILES string of the molecule is N=C(N)Cc1ccn2cncc2c1. The Labute approximate surface area is 75.5 Å². The van der Waals surface area contributed by atoms with Gasteiger partial charge in [0.15, 0.2) is 0 Å². The van der Waals surface area contributed by atoms with Gasteiger partial charge < -0.3 is 10.1 Å². The van der Waals surface area contributed by atoms with Gasteiger partial charge in [-0.2, -0.15) is 0 Å². The van der Waals surface area contributed by atoms with Gasteiger partial charge in [-0.3, -0.25) is 5.41 Å². The third kappa shape index (κ3) is 1.51. The molecular weight excluding hydrogens is 164 g/mol. The summed E-state index contributed by atoms with van der Waals surface area (Å²) < 4.78 is 1.92. The van der Waals surface area contributed by atoms with E-state index in [1.54, 1.807) is 12.5 Å². The van der Waals surface area contributed by atoms with Crippen LogP contribution in [0.4, 0.5) is 0 Å². The molecule has 0 aliphatic rings. The minimum Gasteiger partial charge on any atom is -0.387 e. The van der Waals surface area contributed by atoms with E-state index in [4.69, 9.17) is 11.1 Å². The first kappa shape index (κ1) is 7.79. The summed E-state index contributed by atoms with van der Waals surface area (Å²) in [6, 6.07) is 3.92. The Bertz CT molecular complexity index is 444. The number of nitrogens with one attached hydrogen (secondary N) is 1. The van der Waals surface area contributed by atoms with Crippen LogP contribution in [0.5, 0.6) is 0 Å². The Kier molecular flexibility index (Phi) is 1.73. The third-order valence-electron chi connectivity index (χ3n) is 1.87. The van der Waals surface area contributed by atoms with Gasteiger partial charge in [0.05, 0.1) is 23.9 Å². The molecule has 2 aromatic heterocycles. The number of amidine groups is 1. The fourth-order valence-electron chi connectivity index (χ4n) is 1.30. The van der Waals surface area contributed by atoms with E-state index in [-0.39, 0.29) is 5.84 Å². The zero-order chi connectivity index (χ0) is 9.26. The van der Waals surface area contributed by atoms with Crippen LogP contribution in [0.15, 0.2) is 30.9 Å². The molecule has 0 bridgehead atoms. The number of pyridine rings is 1. The summed E-state index contributed by atoms with van der Waals surface area (Å²) in [6.45, 7) is 0. The second-order valence-electron chi connectivity index (χ2n) is 2.96. The third-order valence-corrected chi connectivity index (χ3v) is 1.87. The predicted octanol–water partition coefficient (Wildman–Crippen LogP) is 0.813. The van der Waals surface area contributed by atoms with E-state index in [0.717, 1.165) is 11.1 Å². The van der Waals surface area contributed by atoms with Crippen LogP contribution in [0, 0.1) is 5.41 Å². The summed E-state index contributed by atoms with van der Waals surface area (Å²) in [4.78, 5) is 4.00. The van der Waals surface area contributed by atoms with Crippen molar-refractivity contribution in [2.75, 3.05) is 0 Å². The van der Waals surface area contributed by atoms with Crippen molar-refractivity contribution in [1.29, 1.82) is 5.41 Å². The molecule has 0 saturated heterocycles. The Morgan fingerprint density at radius 2 is 2.46 bits per heavy atom. The van der Waals surface area contributed by atoms with Crippen LogP contribution in [0.2, 0.25) is 0 Å². The lowest BCUT2D eigenvalue weighted by Crippen LogP contribution is -2.12. The Balaban J connectivity index is 2.42. The Morgan fingerprint density at radius 1 is 1.62 bits per heavy atom. The number of fused-ring (bicyclic) bond motifs is 1. The van der Waals surface area contributed by atoms with Crippen molar-refractivity contribution in [3.05, 3.63) is 36.4 Å². The minimum atomic E-state index is 0.184. The molecule has 4 nitrogen and oxygen atoms in total. The average molecular weight is 174 g/mol. The quantitative estimate of drug-likeness (QED) is 0.522. The fourth-order valence-corrected chi connectivity index (χ4v) is 1.30. The zero-order valence-electron chi connectivity index (χ0n) is 7.07. The molecule has 13 heavy (non-hydrogen) atoms. The van der Waals surface area contributed by atoms with Crippen LogP contribution in [-0.2, 0) is 6.42 Å². The molecule has 0 amide bonds. The van der Waals surface area contributed by atoms with Crippen LogP contribution in [0.1, 0.15) is 5.56 Å². The molecule has 0 aliphatic heterocycles. The number of rotatable bonds is 2. The van der Waals surface area contributed by atoms with E-state index < -0.39 is 0 Å². The van der Waals surface area contributed by atoms with Crippen molar-refractivity contribution < 1.29 is 0 Å². The molecule has 66 valence electrons. The van der Waals surface area contributed by atoms with Gasteiger partial charge in [0.2, 0.25) is 0 Å². The maximum atomic E-state index is 7.16. The van der Waals surface area contributed by atoms with Crippen molar-refractivity contribution in [3.63, 3.8) is 0 Å². The van der Waals surface area contributed by atoms with Gasteiger partial charge in [0.25, 0.3) is 0 Å². The van der Waals surface area contributed by atoms with Crippen molar-refractivity contribution in [3.8, 4) is 0 Å². The number of nitrogens with two attached hydrogens (primary N) is 1. The van der Waals surface area contributed by atoms with E-state index in [1.807, 2.05) is 22.7 Å². The maximum Gasteiger partial charge on any atom is 0.0991 e. The molecule has 3 N–H and O–H groups in total. The molecular formula is C9H10N4. The van der Waals surface area contributed by atoms with Crippen molar-refractivity contribution in [2.45, 2.75) is 6.42 Å². The number of aromatic nitrogens is 2. The van der Waals surface area contributed by atoms with E-state index in [2.05, 4.69) is 4.98 Å². The summed E-state index contributed by atoms with van der Waals surface area (Å²) >= 11 is 0. The molecule has 4 heteroatoms. The first-order chi connectivity index (χ1) is 6.25. The normalized spacial score (nSPS) is 10.5. The first-order valence-electron chi connectivity index (χ1n) is 3.99.